The number of piperidine rings is 1. The Morgan fingerprint density at radius 2 is 2.12 bits per heavy atom. The maximum Gasteiger partial charge on any atom is 0.253 e. The lowest BCUT2D eigenvalue weighted by molar-refractivity contribution is 0.0521. The molecular weight excluding hydrogens is 317 g/mol. The van der Waals surface area contributed by atoms with Crippen molar-refractivity contribution < 1.29 is 9.18 Å². The van der Waals surface area contributed by atoms with Crippen molar-refractivity contribution in [2.24, 2.45) is 5.92 Å². The summed E-state index contributed by atoms with van der Waals surface area (Å²) >= 11 is 0. The van der Waals surface area contributed by atoms with Crippen molar-refractivity contribution in [1.82, 2.24) is 14.7 Å². The van der Waals surface area contributed by atoms with Crippen molar-refractivity contribution in [3.05, 3.63) is 35.6 Å². The highest BCUT2D eigenvalue weighted by atomic mass is 19.1. The smallest absolute Gasteiger partial charge is 0.253 e. The first kappa shape index (κ1) is 18.3. The molecule has 25 heavy (non-hydrogen) atoms. The second-order valence-electron chi connectivity index (χ2n) is 8.07. The Kier molecular flexibility index (Phi) is 5.44. The molecule has 0 unspecified atom stereocenters. The summed E-state index contributed by atoms with van der Waals surface area (Å²) in [5, 5.41) is 0. The molecule has 0 aromatic heterocycles. The molecule has 138 valence electrons. The Bertz CT molecular complexity index is 619. The first-order chi connectivity index (χ1) is 11.9. The number of nitrogens with zero attached hydrogens (tertiary/aromatic N) is 3. The molecule has 1 amide bonds. The number of halogens is 1. The van der Waals surface area contributed by atoms with E-state index in [1.165, 1.54) is 12.1 Å². The average Bonchev–Trinajstić information content (AvgIpc) is 2.90. The zero-order valence-electron chi connectivity index (χ0n) is 15.8. The molecule has 1 aromatic carbocycles. The van der Waals surface area contributed by atoms with Crippen LogP contribution in [0.4, 0.5) is 4.39 Å². The van der Waals surface area contributed by atoms with Crippen molar-refractivity contribution in [3.8, 4) is 0 Å². The lowest BCUT2D eigenvalue weighted by atomic mass is 9.91. The van der Waals surface area contributed by atoms with Crippen molar-refractivity contribution in [3.63, 3.8) is 0 Å². The summed E-state index contributed by atoms with van der Waals surface area (Å²) in [4.78, 5) is 19.6. The summed E-state index contributed by atoms with van der Waals surface area (Å²) in [6, 6.07) is 7.67. The van der Waals surface area contributed by atoms with Crippen LogP contribution in [0.3, 0.4) is 0 Å². The van der Waals surface area contributed by atoms with Crippen molar-refractivity contribution in [2.75, 3.05) is 33.7 Å². The number of rotatable bonds is 4. The summed E-state index contributed by atoms with van der Waals surface area (Å²) in [5.74, 6) is 0.127. The quantitative estimate of drug-likeness (QED) is 0.838. The molecule has 2 fully saturated rings. The summed E-state index contributed by atoms with van der Waals surface area (Å²) in [7, 11) is 4.25. The van der Waals surface area contributed by atoms with Gasteiger partial charge in [-0.3, -0.25) is 9.69 Å². The lowest BCUT2D eigenvalue weighted by Gasteiger charge is -2.40. The van der Waals surface area contributed by atoms with Crippen LogP contribution in [0.5, 0.6) is 0 Å². The minimum Gasteiger partial charge on any atom is -0.338 e. The molecule has 0 saturated carbocycles. The normalized spacial score (nSPS) is 27.2. The van der Waals surface area contributed by atoms with Crippen LogP contribution in [0.1, 0.15) is 37.0 Å². The first-order valence-electron chi connectivity index (χ1n) is 9.34. The lowest BCUT2D eigenvalue weighted by Crippen LogP contribution is -2.51. The van der Waals surface area contributed by atoms with Gasteiger partial charge in [-0.15, -0.1) is 0 Å². The predicted molar refractivity (Wildman–Crippen MR) is 98.1 cm³/mol. The molecule has 5 heteroatoms. The SMILES string of the molecule is CC(C)N1[C@H](CN(C)C)C[C@@H]2CN(C(=O)c3cccc(F)c3)CC[C@@H]21. The fraction of sp³-hybridized carbons (Fsp3) is 0.650. The van der Waals surface area contributed by atoms with E-state index < -0.39 is 0 Å². The van der Waals surface area contributed by atoms with Crippen LogP contribution in [0.25, 0.3) is 0 Å². The van der Waals surface area contributed by atoms with E-state index in [0.717, 1.165) is 32.5 Å². The number of fused-ring (bicyclic) bond motifs is 1. The van der Waals surface area contributed by atoms with Crippen LogP contribution in [-0.2, 0) is 0 Å². The predicted octanol–water partition coefficient (Wildman–Crippen LogP) is 2.70. The van der Waals surface area contributed by atoms with E-state index in [1.54, 1.807) is 12.1 Å². The van der Waals surface area contributed by atoms with E-state index >= 15 is 0 Å². The Morgan fingerprint density at radius 3 is 2.76 bits per heavy atom. The largest absolute Gasteiger partial charge is 0.338 e. The minimum absolute atomic E-state index is 0.0369. The van der Waals surface area contributed by atoms with Gasteiger partial charge in [0.05, 0.1) is 0 Å². The molecule has 0 aliphatic carbocycles. The van der Waals surface area contributed by atoms with Gasteiger partial charge in [-0.25, -0.2) is 4.39 Å². The number of hydrogen-bond donors (Lipinski definition) is 0. The van der Waals surface area contributed by atoms with E-state index in [9.17, 15) is 9.18 Å². The molecule has 3 atom stereocenters. The average molecular weight is 347 g/mol. The van der Waals surface area contributed by atoms with Gasteiger partial charge in [-0.1, -0.05) is 6.07 Å². The molecule has 0 bridgehead atoms. The summed E-state index contributed by atoms with van der Waals surface area (Å²) in [5.41, 5.74) is 0.460. The van der Waals surface area contributed by atoms with Crippen LogP contribution in [0.15, 0.2) is 24.3 Å². The highest BCUT2D eigenvalue weighted by molar-refractivity contribution is 5.94. The van der Waals surface area contributed by atoms with E-state index in [2.05, 4.69) is 37.7 Å². The first-order valence-corrected chi connectivity index (χ1v) is 9.34. The Balaban J connectivity index is 1.72. The summed E-state index contributed by atoms with van der Waals surface area (Å²) < 4.78 is 13.4. The molecule has 2 saturated heterocycles. The zero-order valence-corrected chi connectivity index (χ0v) is 15.8. The third-order valence-corrected chi connectivity index (χ3v) is 5.60. The molecule has 2 heterocycles. The van der Waals surface area contributed by atoms with Gasteiger partial charge >= 0.3 is 0 Å². The van der Waals surface area contributed by atoms with Gasteiger partial charge < -0.3 is 9.80 Å². The molecule has 2 aliphatic rings. The molecule has 1 aromatic rings. The van der Waals surface area contributed by atoms with E-state index in [4.69, 9.17) is 0 Å². The van der Waals surface area contributed by atoms with Gasteiger partial charge in [0, 0.05) is 43.3 Å². The zero-order chi connectivity index (χ0) is 18.1. The highest BCUT2D eigenvalue weighted by Gasteiger charge is 2.45. The number of carbonyl (C=O) groups is 1. The van der Waals surface area contributed by atoms with Crippen LogP contribution in [0, 0.1) is 11.7 Å². The Hall–Kier alpha value is -1.46. The van der Waals surface area contributed by atoms with Gasteiger partial charge in [-0.2, -0.15) is 0 Å². The van der Waals surface area contributed by atoms with Crippen LogP contribution in [-0.4, -0.2) is 72.5 Å². The second-order valence-corrected chi connectivity index (χ2v) is 8.07. The fourth-order valence-corrected chi connectivity index (χ4v) is 4.77. The summed E-state index contributed by atoms with van der Waals surface area (Å²) in [6.07, 6.45) is 2.14. The van der Waals surface area contributed by atoms with Crippen molar-refractivity contribution in [1.29, 1.82) is 0 Å². The number of likely N-dealkylation sites (N-methyl/N-ethyl adjacent to an activating group) is 1. The molecule has 0 N–H and O–H groups in total. The third-order valence-electron chi connectivity index (χ3n) is 5.60. The monoisotopic (exact) mass is 347 g/mol. The van der Waals surface area contributed by atoms with Crippen LogP contribution >= 0.6 is 0 Å². The standard InChI is InChI=1S/C20H30FN3O/c1-14(2)24-18(13-22(3)4)11-16-12-23(9-8-19(16)24)20(25)15-6-5-7-17(21)10-15/h5-7,10,14,16,18-19H,8-9,11-13H2,1-4H3/t16-,18+,19+/m1/s1. The maximum atomic E-state index is 13.4. The molecular formula is C20H30FN3O. The topological polar surface area (TPSA) is 26.8 Å². The molecule has 4 nitrogen and oxygen atoms in total. The van der Waals surface area contributed by atoms with Crippen LogP contribution in [0.2, 0.25) is 0 Å². The van der Waals surface area contributed by atoms with Gasteiger partial charge in [0.2, 0.25) is 0 Å². The third kappa shape index (κ3) is 3.87. The number of amides is 1. The van der Waals surface area contributed by atoms with Crippen molar-refractivity contribution >= 4 is 5.91 Å². The number of likely N-dealkylation sites (tertiary alicyclic amines) is 2. The van der Waals surface area contributed by atoms with E-state index in [-0.39, 0.29) is 11.7 Å². The van der Waals surface area contributed by atoms with Crippen molar-refractivity contribution in [2.45, 2.75) is 44.8 Å². The second kappa shape index (κ2) is 7.42. The van der Waals surface area contributed by atoms with E-state index in [0.29, 0.717) is 29.6 Å². The van der Waals surface area contributed by atoms with Gasteiger partial charge in [0.25, 0.3) is 5.91 Å². The van der Waals surface area contributed by atoms with Gasteiger partial charge in [-0.05, 0) is 64.9 Å². The fourth-order valence-electron chi connectivity index (χ4n) is 4.77. The molecule has 0 spiro atoms. The van der Waals surface area contributed by atoms with Gasteiger partial charge in [0.1, 0.15) is 5.82 Å². The number of carbonyl (C=O) groups excluding carboxylic acids is 1. The summed E-state index contributed by atoms with van der Waals surface area (Å²) in [6.45, 7) is 7.15. The highest BCUT2D eigenvalue weighted by Crippen LogP contribution is 2.37. The number of hydrogen-bond acceptors (Lipinski definition) is 3. The van der Waals surface area contributed by atoms with E-state index in [1.807, 2.05) is 4.90 Å². The maximum absolute atomic E-state index is 13.4. The Morgan fingerprint density at radius 1 is 1.36 bits per heavy atom. The molecule has 0 radical (unpaired) electrons. The molecule has 3 rings (SSSR count). The Labute approximate surface area is 150 Å². The molecule has 2 aliphatic heterocycles. The van der Waals surface area contributed by atoms with Crippen LogP contribution < -0.4 is 0 Å². The van der Waals surface area contributed by atoms with Gasteiger partial charge in [0.15, 0.2) is 0 Å². The number of benzene rings is 1. The minimum atomic E-state index is -0.348.